The van der Waals surface area contributed by atoms with Crippen LogP contribution in [0, 0.1) is 17.8 Å². The van der Waals surface area contributed by atoms with Crippen LogP contribution in [0.3, 0.4) is 0 Å². The van der Waals surface area contributed by atoms with Crippen LogP contribution >= 0.6 is 0 Å². The fourth-order valence-electron chi connectivity index (χ4n) is 1.12. The van der Waals surface area contributed by atoms with Crippen LogP contribution in [0.25, 0.3) is 0 Å². The van der Waals surface area contributed by atoms with E-state index in [9.17, 15) is 5.11 Å². The maximum absolute atomic E-state index is 10.0. The summed E-state index contributed by atoms with van der Waals surface area (Å²) in [6.07, 6.45) is 3.92. The van der Waals surface area contributed by atoms with E-state index < -0.39 is 5.60 Å². The van der Waals surface area contributed by atoms with Gasteiger partial charge in [0.05, 0.1) is 0 Å². The van der Waals surface area contributed by atoms with Crippen molar-refractivity contribution in [2.24, 2.45) is 5.92 Å². The molecule has 0 saturated carbocycles. The molecule has 0 aromatic heterocycles. The number of aliphatic hydroxyl groups is 1. The molecule has 0 saturated heterocycles. The van der Waals surface area contributed by atoms with Gasteiger partial charge in [0.1, 0.15) is 5.60 Å². The van der Waals surface area contributed by atoms with E-state index in [1.807, 2.05) is 20.8 Å². The average molecular weight is 182 g/mol. The summed E-state index contributed by atoms with van der Waals surface area (Å²) in [7, 11) is 0. The van der Waals surface area contributed by atoms with E-state index in [4.69, 9.17) is 0 Å². The monoisotopic (exact) mass is 182 g/mol. The van der Waals surface area contributed by atoms with E-state index >= 15 is 0 Å². The summed E-state index contributed by atoms with van der Waals surface area (Å²) in [4.78, 5) is 0. The molecular weight excluding hydrogens is 160 g/mol. The molecule has 13 heavy (non-hydrogen) atoms. The number of unbranched alkanes of at least 4 members (excludes halogenated alkanes) is 2. The van der Waals surface area contributed by atoms with Crippen molar-refractivity contribution in [1.29, 1.82) is 0 Å². The van der Waals surface area contributed by atoms with Gasteiger partial charge in [0, 0.05) is 6.42 Å². The first-order valence-electron chi connectivity index (χ1n) is 5.29. The largest absolute Gasteiger partial charge is 0.377 e. The molecule has 1 heteroatoms. The highest BCUT2D eigenvalue weighted by Crippen LogP contribution is 2.19. The molecule has 0 aliphatic rings. The van der Waals surface area contributed by atoms with Crippen molar-refractivity contribution in [1.82, 2.24) is 0 Å². The SMILES string of the molecule is CCCCC#CC(O)(CC)C(C)C. The highest BCUT2D eigenvalue weighted by Gasteiger charge is 2.25. The van der Waals surface area contributed by atoms with Gasteiger partial charge in [-0.25, -0.2) is 0 Å². The molecule has 0 fully saturated rings. The van der Waals surface area contributed by atoms with Gasteiger partial charge in [-0.2, -0.15) is 0 Å². The molecule has 1 unspecified atom stereocenters. The van der Waals surface area contributed by atoms with Crippen LogP contribution in [0.4, 0.5) is 0 Å². The molecule has 0 radical (unpaired) electrons. The van der Waals surface area contributed by atoms with Gasteiger partial charge in [-0.15, -0.1) is 5.92 Å². The molecule has 1 N–H and O–H groups in total. The van der Waals surface area contributed by atoms with Crippen LogP contribution in [0.1, 0.15) is 53.4 Å². The summed E-state index contributed by atoms with van der Waals surface area (Å²) in [5.41, 5.74) is -0.770. The van der Waals surface area contributed by atoms with Crippen molar-refractivity contribution in [3.63, 3.8) is 0 Å². The molecule has 76 valence electrons. The third-order valence-electron chi connectivity index (χ3n) is 2.45. The molecule has 1 atom stereocenters. The Bertz CT molecular complexity index is 185. The fourth-order valence-corrected chi connectivity index (χ4v) is 1.12. The van der Waals surface area contributed by atoms with Crippen molar-refractivity contribution in [2.45, 2.75) is 59.0 Å². The first-order valence-corrected chi connectivity index (χ1v) is 5.29. The van der Waals surface area contributed by atoms with Crippen molar-refractivity contribution in [3.8, 4) is 11.8 Å². The maximum atomic E-state index is 10.0. The summed E-state index contributed by atoms with van der Waals surface area (Å²) in [5.74, 6) is 6.26. The standard InChI is InChI=1S/C12H22O/c1-5-7-8-9-10-12(13,6-2)11(3)4/h11,13H,5-8H2,1-4H3. The molecule has 0 spiro atoms. The molecule has 0 bridgehead atoms. The molecule has 0 amide bonds. The Balaban J connectivity index is 4.15. The van der Waals surface area contributed by atoms with E-state index in [-0.39, 0.29) is 5.92 Å². The Hall–Kier alpha value is -0.480. The van der Waals surface area contributed by atoms with Gasteiger partial charge in [-0.1, -0.05) is 40.0 Å². The third-order valence-corrected chi connectivity index (χ3v) is 2.45. The fraction of sp³-hybridized carbons (Fsp3) is 0.833. The van der Waals surface area contributed by atoms with Gasteiger partial charge < -0.3 is 5.11 Å². The van der Waals surface area contributed by atoms with Crippen molar-refractivity contribution in [3.05, 3.63) is 0 Å². The van der Waals surface area contributed by atoms with E-state index in [2.05, 4.69) is 18.8 Å². The topological polar surface area (TPSA) is 20.2 Å². The molecule has 0 heterocycles. The zero-order valence-electron chi connectivity index (χ0n) is 9.35. The Kier molecular flexibility index (Phi) is 5.82. The number of hydrogen-bond acceptors (Lipinski definition) is 1. The highest BCUT2D eigenvalue weighted by molar-refractivity contribution is 5.14. The molecule has 0 rings (SSSR count). The molecule has 0 aliphatic heterocycles. The Morgan fingerprint density at radius 2 is 1.92 bits per heavy atom. The predicted octanol–water partition coefficient (Wildman–Crippen LogP) is 2.98. The van der Waals surface area contributed by atoms with Crippen LogP contribution in [0.2, 0.25) is 0 Å². The minimum atomic E-state index is -0.770. The van der Waals surface area contributed by atoms with Crippen molar-refractivity contribution >= 4 is 0 Å². The van der Waals surface area contributed by atoms with Gasteiger partial charge in [0.2, 0.25) is 0 Å². The lowest BCUT2D eigenvalue weighted by molar-refractivity contribution is 0.0494. The first-order chi connectivity index (χ1) is 6.06. The number of rotatable bonds is 4. The van der Waals surface area contributed by atoms with E-state index in [1.54, 1.807) is 0 Å². The van der Waals surface area contributed by atoms with E-state index in [1.165, 1.54) is 6.42 Å². The van der Waals surface area contributed by atoms with Gasteiger partial charge in [-0.05, 0) is 18.8 Å². The van der Waals surface area contributed by atoms with Gasteiger partial charge in [-0.3, -0.25) is 0 Å². The Morgan fingerprint density at radius 3 is 2.31 bits per heavy atom. The van der Waals surface area contributed by atoms with Crippen LogP contribution in [0.5, 0.6) is 0 Å². The summed E-state index contributed by atoms with van der Waals surface area (Å²) in [6.45, 7) is 8.15. The minimum absolute atomic E-state index is 0.214. The van der Waals surface area contributed by atoms with Crippen LogP contribution in [-0.4, -0.2) is 10.7 Å². The van der Waals surface area contributed by atoms with Crippen LogP contribution < -0.4 is 0 Å². The summed E-state index contributed by atoms with van der Waals surface area (Å²) >= 11 is 0. The van der Waals surface area contributed by atoms with Gasteiger partial charge in [0.25, 0.3) is 0 Å². The van der Waals surface area contributed by atoms with Gasteiger partial charge in [0.15, 0.2) is 0 Å². The molecule has 0 aliphatic carbocycles. The summed E-state index contributed by atoms with van der Waals surface area (Å²) in [5, 5.41) is 10.0. The van der Waals surface area contributed by atoms with Crippen LogP contribution in [-0.2, 0) is 0 Å². The normalized spacial score (nSPS) is 14.9. The second-order valence-corrected chi connectivity index (χ2v) is 3.84. The zero-order valence-corrected chi connectivity index (χ0v) is 9.35. The molecular formula is C12H22O. The lowest BCUT2D eigenvalue weighted by Crippen LogP contribution is -2.32. The quantitative estimate of drug-likeness (QED) is 0.523. The van der Waals surface area contributed by atoms with Crippen LogP contribution in [0.15, 0.2) is 0 Å². The van der Waals surface area contributed by atoms with Crippen molar-refractivity contribution in [2.75, 3.05) is 0 Å². The average Bonchev–Trinajstić information content (AvgIpc) is 2.12. The lowest BCUT2D eigenvalue weighted by Gasteiger charge is -2.24. The zero-order chi connectivity index (χ0) is 10.3. The predicted molar refractivity (Wildman–Crippen MR) is 57.4 cm³/mol. The highest BCUT2D eigenvalue weighted by atomic mass is 16.3. The summed E-state index contributed by atoms with van der Waals surface area (Å²) in [6, 6.07) is 0. The van der Waals surface area contributed by atoms with Crippen molar-refractivity contribution < 1.29 is 5.11 Å². The third kappa shape index (κ3) is 4.33. The summed E-state index contributed by atoms with van der Waals surface area (Å²) < 4.78 is 0. The van der Waals surface area contributed by atoms with E-state index in [0.717, 1.165) is 12.8 Å². The maximum Gasteiger partial charge on any atom is 0.127 e. The number of hydrogen-bond donors (Lipinski definition) is 1. The second-order valence-electron chi connectivity index (χ2n) is 3.84. The smallest absolute Gasteiger partial charge is 0.127 e. The lowest BCUT2D eigenvalue weighted by atomic mass is 9.88. The first kappa shape index (κ1) is 12.5. The Morgan fingerprint density at radius 1 is 1.31 bits per heavy atom. The molecule has 1 nitrogen and oxygen atoms in total. The van der Waals surface area contributed by atoms with Gasteiger partial charge >= 0.3 is 0 Å². The molecule has 0 aromatic carbocycles. The minimum Gasteiger partial charge on any atom is -0.377 e. The molecule has 0 aromatic rings. The Labute approximate surface area is 82.5 Å². The van der Waals surface area contributed by atoms with E-state index in [0.29, 0.717) is 6.42 Å². The second kappa shape index (κ2) is 6.05.